The molecule has 2 aromatic carbocycles. The number of carbonyl (C=O) groups excluding carboxylic acids is 1. The third-order valence-electron chi connectivity index (χ3n) is 6.25. The van der Waals surface area contributed by atoms with Crippen LogP contribution in [0.2, 0.25) is 0 Å². The fourth-order valence-corrected chi connectivity index (χ4v) is 4.18. The summed E-state index contributed by atoms with van der Waals surface area (Å²) < 4.78 is 20.9. The molecule has 2 aliphatic rings. The summed E-state index contributed by atoms with van der Waals surface area (Å²) in [4.78, 5) is 15.3. The van der Waals surface area contributed by atoms with Crippen LogP contribution in [0, 0.1) is 11.3 Å². The lowest BCUT2D eigenvalue weighted by molar-refractivity contribution is -0.116. The number of anilines is 2. The number of nitrogens with zero attached hydrogens (tertiary/aromatic N) is 3. The first-order chi connectivity index (χ1) is 17.6. The number of ether oxygens (including phenoxy) is 4. The van der Waals surface area contributed by atoms with Crippen molar-refractivity contribution in [3.63, 3.8) is 0 Å². The SMILES string of the molecule is COC(C=O)c1ccc(N2CCOCC2)cc1.COC(c1ccc(N2CCOCC2)cc1)C(O)C#N. The molecule has 0 aliphatic carbocycles. The zero-order valence-electron chi connectivity index (χ0n) is 20.9. The number of nitriles is 1. The summed E-state index contributed by atoms with van der Waals surface area (Å²) in [6.07, 6.45) is -1.42. The molecule has 0 bridgehead atoms. The summed E-state index contributed by atoms with van der Waals surface area (Å²) in [6.45, 7) is 6.64. The topological polar surface area (TPSA) is 104 Å². The van der Waals surface area contributed by atoms with E-state index >= 15 is 0 Å². The van der Waals surface area contributed by atoms with Crippen LogP contribution >= 0.6 is 0 Å². The van der Waals surface area contributed by atoms with E-state index in [1.165, 1.54) is 14.2 Å². The number of hydrogen-bond donors (Lipinski definition) is 1. The number of methoxy groups -OCH3 is 2. The Morgan fingerprint density at radius 1 is 0.833 bits per heavy atom. The molecular weight excluding hydrogens is 462 g/mol. The largest absolute Gasteiger partial charge is 0.378 e. The molecule has 2 saturated heterocycles. The van der Waals surface area contributed by atoms with Gasteiger partial charge in [0.2, 0.25) is 0 Å². The number of aliphatic hydroxyl groups is 1. The van der Waals surface area contributed by atoms with Gasteiger partial charge in [-0.05, 0) is 35.4 Å². The number of rotatable bonds is 8. The standard InChI is InChI=1S/C14H18N2O3.C13H17NO3/c1-18-14(13(17)10-15)11-2-4-12(5-3-11)16-6-8-19-9-7-16;1-16-13(10-15)11-2-4-12(5-3-11)14-6-8-17-9-7-14/h2-5,13-14,17H,6-9H2,1H3;2-5,10,13H,6-9H2,1H3. The van der Waals surface area contributed by atoms with Crippen molar-refractivity contribution in [3.05, 3.63) is 59.7 Å². The van der Waals surface area contributed by atoms with Crippen LogP contribution in [-0.2, 0) is 23.7 Å². The molecule has 0 saturated carbocycles. The minimum atomic E-state index is -1.15. The lowest BCUT2D eigenvalue weighted by Gasteiger charge is -2.29. The maximum atomic E-state index is 10.8. The van der Waals surface area contributed by atoms with Crippen molar-refractivity contribution in [2.75, 3.05) is 76.6 Å². The lowest BCUT2D eigenvalue weighted by Crippen LogP contribution is -2.36. The van der Waals surface area contributed by atoms with Crippen molar-refractivity contribution in [2.24, 2.45) is 0 Å². The first-order valence-electron chi connectivity index (χ1n) is 12.0. The first kappa shape index (κ1) is 27.6. The summed E-state index contributed by atoms with van der Waals surface area (Å²) in [7, 11) is 3.02. The van der Waals surface area contributed by atoms with Crippen molar-refractivity contribution in [1.82, 2.24) is 0 Å². The predicted octanol–water partition coefficient (Wildman–Crippen LogP) is 2.50. The molecule has 3 unspecified atom stereocenters. The summed E-state index contributed by atoms with van der Waals surface area (Å²) in [5.74, 6) is 0. The first-order valence-corrected chi connectivity index (χ1v) is 12.0. The van der Waals surface area contributed by atoms with Gasteiger partial charge >= 0.3 is 0 Å². The summed E-state index contributed by atoms with van der Waals surface area (Å²) >= 11 is 0. The van der Waals surface area contributed by atoms with Crippen molar-refractivity contribution in [2.45, 2.75) is 18.3 Å². The molecule has 2 aromatic rings. The van der Waals surface area contributed by atoms with Crippen LogP contribution in [-0.4, -0.2) is 84.3 Å². The predicted molar refractivity (Wildman–Crippen MR) is 136 cm³/mol. The fourth-order valence-electron chi connectivity index (χ4n) is 4.18. The Bertz CT molecular complexity index is 951. The van der Waals surface area contributed by atoms with Crippen molar-refractivity contribution < 1.29 is 28.8 Å². The van der Waals surface area contributed by atoms with Gasteiger partial charge in [-0.15, -0.1) is 0 Å². The number of aliphatic hydroxyl groups excluding tert-OH is 1. The van der Waals surface area contributed by atoms with Gasteiger partial charge in [0.25, 0.3) is 0 Å². The van der Waals surface area contributed by atoms with Crippen LogP contribution in [0.1, 0.15) is 23.3 Å². The maximum Gasteiger partial charge on any atom is 0.170 e. The molecule has 194 valence electrons. The Kier molecular flexibility index (Phi) is 11.1. The third-order valence-corrected chi connectivity index (χ3v) is 6.25. The van der Waals surface area contributed by atoms with Crippen LogP contribution in [0.25, 0.3) is 0 Å². The van der Waals surface area contributed by atoms with E-state index in [0.29, 0.717) is 0 Å². The van der Waals surface area contributed by atoms with E-state index in [0.717, 1.165) is 81.4 Å². The lowest BCUT2D eigenvalue weighted by atomic mass is 10.0. The zero-order valence-corrected chi connectivity index (χ0v) is 20.9. The number of aldehydes is 1. The molecule has 2 aliphatic heterocycles. The minimum Gasteiger partial charge on any atom is -0.378 e. The van der Waals surface area contributed by atoms with Gasteiger partial charge in [0.15, 0.2) is 12.4 Å². The van der Waals surface area contributed by atoms with Gasteiger partial charge in [-0.1, -0.05) is 24.3 Å². The monoisotopic (exact) mass is 497 g/mol. The molecular formula is C27H35N3O6. The van der Waals surface area contributed by atoms with E-state index in [9.17, 15) is 9.90 Å². The van der Waals surface area contributed by atoms with Gasteiger partial charge in [-0.25, -0.2) is 0 Å². The van der Waals surface area contributed by atoms with Crippen LogP contribution in [0.4, 0.5) is 11.4 Å². The number of benzene rings is 2. The molecule has 2 heterocycles. The molecule has 4 rings (SSSR count). The van der Waals surface area contributed by atoms with E-state index < -0.39 is 18.3 Å². The molecule has 0 aromatic heterocycles. The molecule has 9 heteroatoms. The number of hydrogen-bond acceptors (Lipinski definition) is 9. The highest BCUT2D eigenvalue weighted by Crippen LogP contribution is 2.24. The Balaban J connectivity index is 0.000000202. The van der Waals surface area contributed by atoms with E-state index in [1.54, 1.807) is 6.07 Å². The zero-order chi connectivity index (χ0) is 25.8. The summed E-state index contributed by atoms with van der Waals surface area (Å²) in [6, 6.07) is 17.5. The van der Waals surface area contributed by atoms with Crippen molar-refractivity contribution in [3.8, 4) is 6.07 Å². The third kappa shape index (κ3) is 7.50. The van der Waals surface area contributed by atoms with Crippen molar-refractivity contribution >= 4 is 17.7 Å². The highest BCUT2D eigenvalue weighted by atomic mass is 16.5. The molecule has 0 radical (unpaired) electrons. The molecule has 3 atom stereocenters. The van der Waals surface area contributed by atoms with Gasteiger partial charge in [-0.2, -0.15) is 5.26 Å². The van der Waals surface area contributed by atoms with Crippen molar-refractivity contribution in [1.29, 1.82) is 5.26 Å². The second-order valence-corrected chi connectivity index (χ2v) is 8.40. The van der Waals surface area contributed by atoms with Gasteiger partial charge in [0, 0.05) is 51.8 Å². The molecule has 2 fully saturated rings. The van der Waals surface area contributed by atoms with Gasteiger partial charge in [-0.3, -0.25) is 0 Å². The quantitative estimate of drug-likeness (QED) is 0.435. The molecule has 0 spiro atoms. The highest BCUT2D eigenvalue weighted by Gasteiger charge is 2.21. The van der Waals surface area contributed by atoms with E-state index in [1.807, 2.05) is 48.5 Å². The van der Waals surface area contributed by atoms with Gasteiger partial charge in [0.05, 0.1) is 32.5 Å². The Morgan fingerprint density at radius 2 is 1.28 bits per heavy atom. The van der Waals surface area contributed by atoms with E-state index in [2.05, 4.69) is 9.80 Å². The highest BCUT2D eigenvalue weighted by molar-refractivity contribution is 5.61. The average molecular weight is 498 g/mol. The minimum absolute atomic E-state index is 0.464. The second kappa shape index (κ2) is 14.5. The van der Waals surface area contributed by atoms with Crippen LogP contribution < -0.4 is 9.80 Å². The van der Waals surface area contributed by atoms with E-state index in [4.69, 9.17) is 24.2 Å². The molecule has 9 nitrogen and oxygen atoms in total. The normalized spacial score (nSPS) is 18.3. The molecule has 1 N–H and O–H groups in total. The molecule has 0 amide bonds. The molecule has 36 heavy (non-hydrogen) atoms. The average Bonchev–Trinajstić information content (AvgIpc) is 2.96. The van der Waals surface area contributed by atoms with Crippen LogP contribution in [0.5, 0.6) is 0 Å². The Labute approximate surface area is 212 Å². The fraction of sp³-hybridized carbons (Fsp3) is 0.481. The van der Waals surface area contributed by atoms with Crippen LogP contribution in [0.15, 0.2) is 48.5 Å². The van der Waals surface area contributed by atoms with Gasteiger partial charge in [0.1, 0.15) is 12.2 Å². The van der Waals surface area contributed by atoms with Gasteiger partial charge < -0.3 is 38.6 Å². The van der Waals surface area contributed by atoms with E-state index in [-0.39, 0.29) is 0 Å². The number of carbonyl (C=O) groups is 1. The Hall–Kier alpha value is -3.00. The maximum absolute atomic E-state index is 10.8. The Morgan fingerprint density at radius 3 is 1.64 bits per heavy atom. The second-order valence-electron chi connectivity index (χ2n) is 8.40. The summed E-state index contributed by atoms with van der Waals surface area (Å²) in [5, 5.41) is 18.3. The van der Waals surface area contributed by atoms with Crippen LogP contribution in [0.3, 0.4) is 0 Å². The number of morpholine rings is 2. The summed E-state index contributed by atoms with van der Waals surface area (Å²) in [5.41, 5.74) is 3.97. The smallest absolute Gasteiger partial charge is 0.170 e.